The monoisotopic (exact) mass is 518 g/mol. The molecule has 0 bridgehead atoms. The van der Waals surface area contributed by atoms with Gasteiger partial charge in [-0.3, -0.25) is 9.59 Å². The fourth-order valence-electron chi connectivity index (χ4n) is 4.75. The molecule has 0 aliphatic heterocycles. The summed E-state index contributed by atoms with van der Waals surface area (Å²) in [5.41, 5.74) is 3.02. The number of carbonyl (C=O) groups is 2. The Balaban J connectivity index is 1.59. The molecular formula is C31H35ClN2O3. The van der Waals surface area contributed by atoms with Gasteiger partial charge in [-0.15, -0.1) is 0 Å². The maximum absolute atomic E-state index is 13.8. The molecule has 2 amide bonds. The Kier molecular flexibility index (Phi) is 9.61. The molecule has 0 spiro atoms. The van der Waals surface area contributed by atoms with Crippen molar-refractivity contribution in [1.82, 2.24) is 10.2 Å². The van der Waals surface area contributed by atoms with Gasteiger partial charge < -0.3 is 15.0 Å². The summed E-state index contributed by atoms with van der Waals surface area (Å²) in [4.78, 5) is 29.1. The maximum atomic E-state index is 13.8. The van der Waals surface area contributed by atoms with Crippen molar-refractivity contribution in [3.05, 3.63) is 101 Å². The molecule has 1 saturated carbocycles. The van der Waals surface area contributed by atoms with Crippen LogP contribution < -0.4 is 10.1 Å². The van der Waals surface area contributed by atoms with Gasteiger partial charge in [0.15, 0.2) is 6.61 Å². The third-order valence-electron chi connectivity index (χ3n) is 6.87. The molecule has 1 atom stereocenters. The van der Waals surface area contributed by atoms with E-state index < -0.39 is 6.04 Å². The Morgan fingerprint density at radius 1 is 0.919 bits per heavy atom. The largest absolute Gasteiger partial charge is 0.484 e. The fraction of sp³-hybridized carbons (Fsp3) is 0.355. The summed E-state index contributed by atoms with van der Waals surface area (Å²) in [6.45, 7) is 2.13. The highest BCUT2D eigenvalue weighted by molar-refractivity contribution is 6.30. The van der Waals surface area contributed by atoms with Gasteiger partial charge in [0.2, 0.25) is 5.91 Å². The molecule has 0 heterocycles. The standard InChI is InChI=1S/C31H35ClN2O3/c1-23-12-18-28(19-13-23)37-22-30(35)34(21-25-14-16-26(32)17-15-25)29(20-24-8-4-2-5-9-24)31(36)33-27-10-6-3-7-11-27/h2,4-5,8-9,12-19,27,29H,3,6-7,10-11,20-22H2,1H3,(H,33,36). The summed E-state index contributed by atoms with van der Waals surface area (Å²) in [6.07, 6.45) is 5.82. The van der Waals surface area contributed by atoms with E-state index in [0.717, 1.165) is 42.4 Å². The van der Waals surface area contributed by atoms with Gasteiger partial charge in [-0.25, -0.2) is 0 Å². The molecule has 3 aromatic rings. The lowest BCUT2D eigenvalue weighted by Gasteiger charge is -2.33. The summed E-state index contributed by atoms with van der Waals surface area (Å²) in [6, 6.07) is 24.3. The van der Waals surface area contributed by atoms with Crippen molar-refractivity contribution >= 4 is 23.4 Å². The van der Waals surface area contributed by atoms with Crippen LogP contribution in [-0.2, 0) is 22.6 Å². The molecule has 0 aromatic heterocycles. The van der Waals surface area contributed by atoms with Crippen molar-refractivity contribution in [2.75, 3.05) is 6.61 Å². The quantitative estimate of drug-likeness (QED) is 0.352. The molecule has 4 rings (SSSR count). The molecule has 37 heavy (non-hydrogen) atoms. The Labute approximate surface area is 224 Å². The van der Waals surface area contributed by atoms with E-state index in [0.29, 0.717) is 17.2 Å². The summed E-state index contributed by atoms with van der Waals surface area (Å²) in [5.74, 6) is 0.264. The topological polar surface area (TPSA) is 58.6 Å². The predicted octanol–water partition coefficient (Wildman–Crippen LogP) is 6.12. The van der Waals surface area contributed by atoms with Crippen molar-refractivity contribution in [2.24, 2.45) is 0 Å². The number of hydrogen-bond donors (Lipinski definition) is 1. The van der Waals surface area contributed by atoms with Crippen LogP contribution in [0, 0.1) is 6.92 Å². The third-order valence-corrected chi connectivity index (χ3v) is 7.12. The van der Waals surface area contributed by atoms with Gasteiger partial charge in [0.25, 0.3) is 5.91 Å². The molecule has 0 radical (unpaired) electrons. The van der Waals surface area contributed by atoms with E-state index in [1.54, 1.807) is 17.0 Å². The second-order valence-electron chi connectivity index (χ2n) is 9.80. The smallest absolute Gasteiger partial charge is 0.261 e. The van der Waals surface area contributed by atoms with E-state index in [1.807, 2.05) is 73.7 Å². The molecule has 0 saturated heterocycles. The van der Waals surface area contributed by atoms with Crippen molar-refractivity contribution in [2.45, 2.75) is 64.1 Å². The predicted molar refractivity (Wildman–Crippen MR) is 148 cm³/mol. The van der Waals surface area contributed by atoms with E-state index in [1.165, 1.54) is 6.42 Å². The molecule has 6 heteroatoms. The Bertz CT molecular complexity index is 1140. The number of nitrogens with one attached hydrogen (secondary N) is 1. The Hall–Kier alpha value is -3.31. The lowest BCUT2D eigenvalue weighted by molar-refractivity contribution is -0.143. The van der Waals surface area contributed by atoms with Crippen molar-refractivity contribution in [3.8, 4) is 5.75 Å². The van der Waals surface area contributed by atoms with Gasteiger partial charge >= 0.3 is 0 Å². The average molecular weight is 519 g/mol. The number of amides is 2. The molecule has 1 aliphatic carbocycles. The van der Waals surface area contributed by atoms with Crippen LogP contribution in [-0.4, -0.2) is 35.4 Å². The molecule has 194 valence electrons. The minimum atomic E-state index is -0.672. The van der Waals surface area contributed by atoms with Crippen molar-refractivity contribution in [3.63, 3.8) is 0 Å². The van der Waals surface area contributed by atoms with Gasteiger partial charge in [-0.05, 0) is 55.2 Å². The lowest BCUT2D eigenvalue weighted by Crippen LogP contribution is -2.53. The van der Waals surface area contributed by atoms with Crippen LogP contribution >= 0.6 is 11.6 Å². The highest BCUT2D eigenvalue weighted by Gasteiger charge is 2.32. The summed E-state index contributed by atoms with van der Waals surface area (Å²) >= 11 is 6.10. The first-order valence-corrected chi connectivity index (χ1v) is 13.4. The number of aryl methyl sites for hydroxylation is 1. The minimum absolute atomic E-state index is 0.117. The van der Waals surface area contributed by atoms with E-state index in [4.69, 9.17) is 16.3 Å². The maximum Gasteiger partial charge on any atom is 0.261 e. The van der Waals surface area contributed by atoms with Crippen molar-refractivity contribution in [1.29, 1.82) is 0 Å². The van der Waals surface area contributed by atoms with E-state index in [2.05, 4.69) is 5.32 Å². The number of nitrogens with zero attached hydrogens (tertiary/aromatic N) is 1. The van der Waals surface area contributed by atoms with Gasteiger partial charge in [0, 0.05) is 24.0 Å². The van der Waals surface area contributed by atoms with Crippen LogP contribution in [0.1, 0.15) is 48.8 Å². The minimum Gasteiger partial charge on any atom is -0.484 e. The molecule has 1 aliphatic rings. The van der Waals surface area contributed by atoms with Gasteiger partial charge in [-0.1, -0.05) is 91.0 Å². The number of rotatable bonds is 10. The molecule has 5 nitrogen and oxygen atoms in total. The Morgan fingerprint density at radius 2 is 1.59 bits per heavy atom. The number of carbonyl (C=O) groups excluding carboxylic acids is 2. The van der Waals surface area contributed by atoms with Crippen LogP contribution in [0.15, 0.2) is 78.9 Å². The van der Waals surface area contributed by atoms with E-state index >= 15 is 0 Å². The average Bonchev–Trinajstić information content (AvgIpc) is 2.92. The number of ether oxygens (including phenoxy) is 1. The first kappa shape index (κ1) is 26.7. The summed E-state index contributed by atoms with van der Waals surface area (Å²) in [5, 5.41) is 3.88. The lowest BCUT2D eigenvalue weighted by atomic mass is 9.94. The SMILES string of the molecule is Cc1ccc(OCC(=O)N(Cc2ccc(Cl)cc2)C(Cc2ccccc2)C(=O)NC2CCCCC2)cc1. The zero-order valence-corrected chi connectivity index (χ0v) is 22.1. The molecule has 1 fully saturated rings. The van der Waals surface area contributed by atoms with Crippen LogP contribution in [0.25, 0.3) is 0 Å². The molecule has 1 unspecified atom stereocenters. The second kappa shape index (κ2) is 13.3. The van der Waals surface area contributed by atoms with E-state index in [-0.39, 0.29) is 31.0 Å². The van der Waals surface area contributed by atoms with Crippen LogP contribution in [0.3, 0.4) is 0 Å². The Morgan fingerprint density at radius 3 is 2.27 bits per heavy atom. The number of hydrogen-bond acceptors (Lipinski definition) is 3. The normalized spacial score (nSPS) is 14.5. The number of benzene rings is 3. The molecule has 1 N–H and O–H groups in total. The molecule has 3 aromatic carbocycles. The number of halogens is 1. The highest BCUT2D eigenvalue weighted by atomic mass is 35.5. The van der Waals surface area contributed by atoms with E-state index in [9.17, 15) is 9.59 Å². The zero-order valence-electron chi connectivity index (χ0n) is 21.4. The third kappa shape index (κ3) is 8.09. The first-order valence-electron chi connectivity index (χ1n) is 13.1. The molecular weight excluding hydrogens is 484 g/mol. The summed E-state index contributed by atoms with van der Waals surface area (Å²) < 4.78 is 5.85. The van der Waals surface area contributed by atoms with Gasteiger partial charge in [-0.2, -0.15) is 0 Å². The van der Waals surface area contributed by atoms with Gasteiger partial charge in [0.05, 0.1) is 0 Å². The second-order valence-corrected chi connectivity index (χ2v) is 10.2. The van der Waals surface area contributed by atoms with Crippen LogP contribution in [0.5, 0.6) is 5.75 Å². The zero-order chi connectivity index (χ0) is 26.0. The first-order chi connectivity index (χ1) is 18.0. The highest BCUT2D eigenvalue weighted by Crippen LogP contribution is 2.21. The summed E-state index contributed by atoms with van der Waals surface area (Å²) in [7, 11) is 0. The van der Waals surface area contributed by atoms with Gasteiger partial charge in [0.1, 0.15) is 11.8 Å². The van der Waals surface area contributed by atoms with Crippen LogP contribution in [0.4, 0.5) is 0 Å². The van der Waals surface area contributed by atoms with Crippen molar-refractivity contribution < 1.29 is 14.3 Å². The van der Waals surface area contributed by atoms with Crippen LogP contribution in [0.2, 0.25) is 5.02 Å². The fourth-order valence-corrected chi connectivity index (χ4v) is 4.87.